The Bertz CT molecular complexity index is 1470. The van der Waals surface area contributed by atoms with Gasteiger partial charge < -0.3 is 24.3 Å². The van der Waals surface area contributed by atoms with Crippen molar-refractivity contribution in [2.24, 2.45) is 0 Å². The number of nitrogens with zero attached hydrogens (tertiary/aromatic N) is 4. The number of carbonyl (C=O) groups is 2. The summed E-state index contributed by atoms with van der Waals surface area (Å²) in [5.74, 6) is -0.552. The lowest BCUT2D eigenvalue weighted by molar-refractivity contribution is -0.139. The molecule has 2 aliphatic rings. The molecule has 2 saturated heterocycles. The van der Waals surface area contributed by atoms with Gasteiger partial charge in [0.05, 0.1) is 25.0 Å². The normalized spacial score (nSPS) is 16.6. The van der Waals surface area contributed by atoms with Crippen LogP contribution in [0.25, 0.3) is 0 Å². The first kappa shape index (κ1) is 32.2. The molecular formula is C38H40F2N4O3. The lowest BCUT2D eigenvalue weighted by atomic mass is 10.0. The molecule has 47 heavy (non-hydrogen) atoms. The molecule has 0 aliphatic carbocycles. The molecule has 4 aromatic carbocycles. The average molecular weight is 639 g/mol. The van der Waals surface area contributed by atoms with E-state index in [0.717, 1.165) is 22.5 Å². The largest absolute Gasteiger partial charge is 0.368 e. The highest BCUT2D eigenvalue weighted by atomic mass is 19.1. The average Bonchev–Trinajstić information content (AvgIpc) is 3.12. The second-order valence-corrected chi connectivity index (χ2v) is 12.0. The second kappa shape index (κ2) is 15.2. The molecule has 244 valence electrons. The summed E-state index contributed by atoms with van der Waals surface area (Å²) >= 11 is 0. The predicted octanol–water partition coefficient (Wildman–Crippen LogP) is 6.24. The zero-order chi connectivity index (χ0) is 32.6. The van der Waals surface area contributed by atoms with Crippen molar-refractivity contribution in [3.63, 3.8) is 0 Å². The highest BCUT2D eigenvalue weighted by molar-refractivity contribution is 5.78. The van der Waals surface area contributed by atoms with Gasteiger partial charge in [0.2, 0.25) is 11.8 Å². The van der Waals surface area contributed by atoms with Crippen molar-refractivity contribution in [3.05, 3.63) is 132 Å². The summed E-state index contributed by atoms with van der Waals surface area (Å²) < 4.78 is 33.6. The molecule has 2 atom stereocenters. The van der Waals surface area contributed by atoms with Crippen LogP contribution in [0.3, 0.4) is 0 Å². The number of piperazine rings is 2. The maximum Gasteiger partial charge on any atom is 0.225 e. The van der Waals surface area contributed by atoms with E-state index in [0.29, 0.717) is 52.4 Å². The molecule has 2 fully saturated rings. The number of amides is 2. The lowest BCUT2D eigenvalue weighted by Crippen LogP contribution is -2.49. The van der Waals surface area contributed by atoms with Crippen LogP contribution >= 0.6 is 0 Å². The standard InChI is InChI=1S/C38H40F2N4O3/c39-31-11-15-33(16-12-31)41-19-23-43(24-20-41)37(45)27-35(29-7-3-1-4-8-29)47-36(30-9-5-2-6-10-30)28-38(46)44-25-21-42(22-26-44)34-17-13-32(40)14-18-34/h1-18,35-36H,19-28H2. The fraction of sp³-hybridized carbons (Fsp3) is 0.316. The van der Waals surface area contributed by atoms with E-state index in [-0.39, 0.29) is 36.3 Å². The zero-order valence-corrected chi connectivity index (χ0v) is 26.4. The summed E-state index contributed by atoms with van der Waals surface area (Å²) in [5, 5.41) is 0. The molecule has 0 radical (unpaired) electrons. The number of hydrogen-bond acceptors (Lipinski definition) is 5. The van der Waals surface area contributed by atoms with Crippen LogP contribution in [-0.2, 0) is 14.3 Å². The molecule has 2 unspecified atom stereocenters. The smallest absolute Gasteiger partial charge is 0.225 e. The Balaban J connectivity index is 1.12. The van der Waals surface area contributed by atoms with Crippen molar-refractivity contribution in [2.45, 2.75) is 25.0 Å². The van der Waals surface area contributed by atoms with Crippen LogP contribution in [0, 0.1) is 11.6 Å². The van der Waals surface area contributed by atoms with Crippen LogP contribution in [0.15, 0.2) is 109 Å². The van der Waals surface area contributed by atoms with E-state index < -0.39 is 12.2 Å². The molecule has 2 heterocycles. The minimum absolute atomic E-state index is 0.00679. The number of benzene rings is 4. The van der Waals surface area contributed by atoms with Gasteiger partial charge in [-0.25, -0.2) is 8.78 Å². The molecule has 0 aromatic heterocycles. The fourth-order valence-corrected chi connectivity index (χ4v) is 6.33. The van der Waals surface area contributed by atoms with Gasteiger partial charge in [-0.05, 0) is 59.7 Å². The highest BCUT2D eigenvalue weighted by Gasteiger charge is 2.30. The third kappa shape index (κ3) is 8.34. The third-order valence-electron chi connectivity index (χ3n) is 9.04. The Kier molecular flexibility index (Phi) is 10.4. The van der Waals surface area contributed by atoms with Crippen molar-refractivity contribution in [1.29, 1.82) is 0 Å². The second-order valence-electron chi connectivity index (χ2n) is 12.0. The number of carbonyl (C=O) groups excluding carboxylic acids is 2. The molecule has 0 spiro atoms. The van der Waals surface area contributed by atoms with Crippen LogP contribution < -0.4 is 9.80 Å². The number of ether oxygens (including phenoxy) is 1. The molecule has 0 N–H and O–H groups in total. The van der Waals surface area contributed by atoms with Crippen molar-refractivity contribution in [3.8, 4) is 0 Å². The first-order valence-electron chi connectivity index (χ1n) is 16.2. The fourth-order valence-electron chi connectivity index (χ4n) is 6.33. The van der Waals surface area contributed by atoms with Gasteiger partial charge in [-0.1, -0.05) is 60.7 Å². The van der Waals surface area contributed by atoms with Gasteiger partial charge in [0.25, 0.3) is 0 Å². The van der Waals surface area contributed by atoms with Gasteiger partial charge in [0.15, 0.2) is 0 Å². The molecule has 2 aliphatic heterocycles. The van der Waals surface area contributed by atoms with Gasteiger partial charge in [-0.3, -0.25) is 9.59 Å². The molecule has 9 heteroatoms. The topological polar surface area (TPSA) is 56.3 Å². The van der Waals surface area contributed by atoms with Gasteiger partial charge >= 0.3 is 0 Å². The molecule has 0 bridgehead atoms. The maximum absolute atomic E-state index is 13.7. The predicted molar refractivity (Wildman–Crippen MR) is 179 cm³/mol. The summed E-state index contributed by atoms with van der Waals surface area (Å²) in [7, 11) is 0. The van der Waals surface area contributed by atoms with Gasteiger partial charge in [0.1, 0.15) is 11.6 Å². The summed E-state index contributed by atoms with van der Waals surface area (Å²) in [4.78, 5) is 35.4. The SMILES string of the molecule is O=C(CC(OC(CC(=O)N1CCN(c2ccc(F)cc2)CC1)c1ccccc1)c1ccccc1)N1CCN(c2ccc(F)cc2)CC1. The van der Waals surface area contributed by atoms with E-state index in [9.17, 15) is 18.4 Å². The summed E-state index contributed by atoms with van der Waals surface area (Å²) in [6, 6.07) is 32.3. The Morgan fingerprint density at radius 2 is 0.851 bits per heavy atom. The van der Waals surface area contributed by atoms with E-state index in [4.69, 9.17) is 4.74 Å². The summed E-state index contributed by atoms with van der Waals surface area (Å²) in [6.45, 7) is 4.86. The van der Waals surface area contributed by atoms with Crippen LogP contribution in [0.1, 0.15) is 36.2 Å². The molecular weight excluding hydrogens is 598 g/mol. The monoisotopic (exact) mass is 638 g/mol. The van der Waals surface area contributed by atoms with Crippen molar-refractivity contribution in [1.82, 2.24) is 9.80 Å². The minimum atomic E-state index is -0.549. The van der Waals surface area contributed by atoms with E-state index >= 15 is 0 Å². The summed E-state index contributed by atoms with van der Waals surface area (Å²) in [5.41, 5.74) is 3.65. The number of halogens is 2. The van der Waals surface area contributed by atoms with E-state index in [2.05, 4.69) is 9.80 Å². The van der Waals surface area contributed by atoms with Crippen LogP contribution in [0.4, 0.5) is 20.2 Å². The van der Waals surface area contributed by atoms with Crippen molar-refractivity contribution >= 4 is 23.2 Å². The minimum Gasteiger partial charge on any atom is -0.368 e. The molecule has 6 rings (SSSR count). The zero-order valence-electron chi connectivity index (χ0n) is 26.4. The Morgan fingerprint density at radius 1 is 0.511 bits per heavy atom. The number of rotatable bonds is 10. The molecule has 4 aromatic rings. The third-order valence-corrected chi connectivity index (χ3v) is 9.04. The first-order valence-corrected chi connectivity index (χ1v) is 16.2. The van der Waals surface area contributed by atoms with Crippen LogP contribution in [0.2, 0.25) is 0 Å². The maximum atomic E-state index is 13.7. The van der Waals surface area contributed by atoms with E-state index in [1.165, 1.54) is 24.3 Å². The number of anilines is 2. The van der Waals surface area contributed by atoms with Gasteiger partial charge in [0, 0.05) is 63.7 Å². The first-order chi connectivity index (χ1) is 22.9. The van der Waals surface area contributed by atoms with Crippen LogP contribution in [0.5, 0.6) is 0 Å². The Morgan fingerprint density at radius 3 is 1.19 bits per heavy atom. The Hall–Kier alpha value is -4.76. The molecule has 7 nitrogen and oxygen atoms in total. The quantitative estimate of drug-likeness (QED) is 0.206. The Labute approximate surface area is 275 Å². The van der Waals surface area contributed by atoms with Crippen molar-refractivity contribution in [2.75, 3.05) is 62.2 Å². The van der Waals surface area contributed by atoms with Gasteiger partial charge in [-0.15, -0.1) is 0 Å². The van der Waals surface area contributed by atoms with E-state index in [1.54, 1.807) is 24.3 Å². The lowest BCUT2D eigenvalue weighted by Gasteiger charge is -2.37. The van der Waals surface area contributed by atoms with Gasteiger partial charge in [-0.2, -0.15) is 0 Å². The van der Waals surface area contributed by atoms with E-state index in [1.807, 2.05) is 70.5 Å². The number of hydrogen-bond donors (Lipinski definition) is 0. The highest BCUT2D eigenvalue weighted by Crippen LogP contribution is 2.33. The summed E-state index contributed by atoms with van der Waals surface area (Å²) in [6.07, 6.45) is -0.803. The molecule has 0 saturated carbocycles. The molecule has 2 amide bonds. The van der Waals surface area contributed by atoms with Crippen LogP contribution in [-0.4, -0.2) is 74.0 Å². The van der Waals surface area contributed by atoms with Crippen molar-refractivity contribution < 1.29 is 23.1 Å².